The normalized spacial score (nSPS) is 11.8. The average molecular weight is 497 g/mol. The summed E-state index contributed by atoms with van der Waals surface area (Å²) in [4.78, 5) is 28.2. The Kier molecular flexibility index (Phi) is 9.55. The van der Waals surface area contributed by atoms with Crippen LogP contribution in [0.2, 0.25) is 10.0 Å². The van der Waals surface area contributed by atoms with Crippen molar-refractivity contribution in [2.24, 2.45) is 0 Å². The van der Waals surface area contributed by atoms with Crippen LogP contribution in [0.3, 0.4) is 0 Å². The largest absolute Gasteiger partial charge is 0.354 e. The second-order valence-electron chi connectivity index (χ2n) is 8.30. The Morgan fingerprint density at radius 2 is 1.50 bits per heavy atom. The lowest BCUT2D eigenvalue weighted by atomic mass is 9.88. The molecule has 3 aromatic carbocycles. The Labute approximate surface area is 211 Å². The van der Waals surface area contributed by atoms with E-state index in [0.29, 0.717) is 16.6 Å². The zero-order valence-electron chi connectivity index (χ0n) is 19.5. The zero-order chi connectivity index (χ0) is 24.5. The van der Waals surface area contributed by atoms with Crippen molar-refractivity contribution >= 4 is 35.0 Å². The molecule has 0 spiro atoms. The van der Waals surface area contributed by atoms with E-state index in [2.05, 4.69) is 5.32 Å². The third-order valence-electron chi connectivity index (χ3n) is 5.85. The van der Waals surface area contributed by atoms with Gasteiger partial charge in [0.15, 0.2) is 0 Å². The number of rotatable bonds is 10. The molecule has 0 unspecified atom stereocenters. The van der Waals surface area contributed by atoms with Crippen molar-refractivity contribution in [1.29, 1.82) is 0 Å². The van der Waals surface area contributed by atoms with Crippen LogP contribution in [0.25, 0.3) is 0 Å². The average Bonchev–Trinajstić information content (AvgIpc) is 2.86. The zero-order valence-corrected chi connectivity index (χ0v) is 21.0. The topological polar surface area (TPSA) is 49.4 Å². The van der Waals surface area contributed by atoms with E-state index in [1.54, 1.807) is 30.0 Å². The van der Waals surface area contributed by atoms with E-state index in [-0.39, 0.29) is 30.7 Å². The van der Waals surface area contributed by atoms with Gasteiger partial charge in [0, 0.05) is 35.5 Å². The van der Waals surface area contributed by atoms with Crippen molar-refractivity contribution in [3.63, 3.8) is 0 Å². The first-order valence-corrected chi connectivity index (χ1v) is 12.3. The summed E-state index contributed by atoms with van der Waals surface area (Å²) < 4.78 is 0. The van der Waals surface area contributed by atoms with Crippen LogP contribution in [-0.2, 0) is 16.1 Å². The van der Waals surface area contributed by atoms with E-state index in [4.69, 9.17) is 23.2 Å². The molecule has 3 aromatic rings. The van der Waals surface area contributed by atoms with Crippen LogP contribution in [0.15, 0.2) is 78.9 Å². The van der Waals surface area contributed by atoms with E-state index >= 15 is 0 Å². The van der Waals surface area contributed by atoms with Crippen molar-refractivity contribution in [1.82, 2.24) is 10.2 Å². The van der Waals surface area contributed by atoms with Gasteiger partial charge in [0.2, 0.25) is 11.8 Å². The molecule has 0 heterocycles. The highest BCUT2D eigenvalue weighted by molar-refractivity contribution is 6.35. The van der Waals surface area contributed by atoms with Crippen molar-refractivity contribution in [2.45, 2.75) is 45.2 Å². The molecular weight excluding hydrogens is 467 g/mol. The maximum Gasteiger partial charge on any atom is 0.242 e. The van der Waals surface area contributed by atoms with Gasteiger partial charge in [-0.05, 0) is 42.2 Å². The maximum atomic E-state index is 13.8. The van der Waals surface area contributed by atoms with Crippen molar-refractivity contribution in [3.05, 3.63) is 106 Å². The molecule has 34 heavy (non-hydrogen) atoms. The number of nitrogens with zero attached hydrogens (tertiary/aromatic N) is 1. The van der Waals surface area contributed by atoms with Crippen LogP contribution in [0.5, 0.6) is 0 Å². The fourth-order valence-corrected chi connectivity index (χ4v) is 4.37. The summed E-state index contributed by atoms with van der Waals surface area (Å²) in [5.41, 5.74) is 2.84. The minimum atomic E-state index is -0.655. The Balaban J connectivity index is 1.92. The summed E-state index contributed by atoms with van der Waals surface area (Å²) in [6, 6.07) is 24.5. The first-order chi connectivity index (χ1) is 16.4. The molecule has 0 radical (unpaired) electrons. The van der Waals surface area contributed by atoms with Crippen molar-refractivity contribution in [2.75, 3.05) is 6.54 Å². The molecule has 1 N–H and O–H groups in total. The van der Waals surface area contributed by atoms with Crippen molar-refractivity contribution in [3.8, 4) is 0 Å². The molecule has 0 aromatic heterocycles. The molecular formula is C28H30Cl2N2O2. The number of carbonyl (C=O) groups is 2. The molecule has 0 aliphatic heterocycles. The quantitative estimate of drug-likeness (QED) is 0.350. The predicted molar refractivity (Wildman–Crippen MR) is 139 cm³/mol. The number of benzene rings is 3. The maximum absolute atomic E-state index is 13.8. The van der Waals surface area contributed by atoms with Gasteiger partial charge in [0.05, 0.1) is 0 Å². The minimum absolute atomic E-state index is 0.122. The molecule has 6 heteroatoms. The van der Waals surface area contributed by atoms with Crippen LogP contribution in [-0.4, -0.2) is 29.3 Å². The molecule has 1 atom stereocenters. The summed E-state index contributed by atoms with van der Waals surface area (Å²) in [5, 5.41) is 3.90. The lowest BCUT2D eigenvalue weighted by Gasteiger charge is -2.31. The van der Waals surface area contributed by atoms with E-state index in [1.807, 2.05) is 67.6 Å². The van der Waals surface area contributed by atoms with Gasteiger partial charge in [-0.15, -0.1) is 0 Å². The van der Waals surface area contributed by atoms with Crippen LogP contribution < -0.4 is 5.32 Å². The fourth-order valence-electron chi connectivity index (χ4n) is 3.90. The number of hydrogen-bond donors (Lipinski definition) is 1. The predicted octanol–water partition coefficient (Wildman–Crippen LogP) is 6.46. The monoisotopic (exact) mass is 496 g/mol. The molecule has 0 aliphatic carbocycles. The Morgan fingerprint density at radius 1 is 0.912 bits per heavy atom. The number of halogens is 2. The molecule has 0 saturated carbocycles. The Hall–Kier alpha value is -2.82. The molecule has 3 rings (SSSR count). The highest BCUT2D eigenvalue weighted by Crippen LogP contribution is 2.30. The lowest BCUT2D eigenvalue weighted by molar-refractivity contribution is -0.140. The molecule has 0 aliphatic rings. The second kappa shape index (κ2) is 12.6. The van der Waals surface area contributed by atoms with Gasteiger partial charge >= 0.3 is 0 Å². The first-order valence-electron chi connectivity index (χ1n) is 11.5. The number of hydrogen-bond acceptors (Lipinski definition) is 2. The standard InChI is InChI=1S/C28H30Cl2N2O2/c1-3-16-31-28(34)20(2)32(19-23-14-15-24(29)17-26(23)30)27(33)18-25(21-10-6-4-7-11-21)22-12-8-5-9-13-22/h4-15,17,20,25H,3,16,18-19H2,1-2H3,(H,31,34)/t20-/m1/s1. The van der Waals surface area contributed by atoms with Gasteiger partial charge in [-0.1, -0.05) is 96.9 Å². The van der Waals surface area contributed by atoms with E-state index < -0.39 is 6.04 Å². The summed E-state index contributed by atoms with van der Waals surface area (Å²) in [6.07, 6.45) is 1.05. The number of nitrogens with one attached hydrogen (secondary N) is 1. The third kappa shape index (κ3) is 6.85. The van der Waals surface area contributed by atoms with Crippen molar-refractivity contribution < 1.29 is 9.59 Å². The van der Waals surface area contributed by atoms with Gasteiger partial charge in [0.1, 0.15) is 6.04 Å². The molecule has 2 amide bonds. The first kappa shape index (κ1) is 25.8. The molecule has 4 nitrogen and oxygen atoms in total. The van der Waals surface area contributed by atoms with E-state index in [0.717, 1.165) is 23.1 Å². The van der Waals surface area contributed by atoms with E-state index in [1.165, 1.54) is 0 Å². The van der Waals surface area contributed by atoms with Crippen LogP contribution in [0, 0.1) is 0 Å². The third-order valence-corrected chi connectivity index (χ3v) is 6.44. The molecule has 0 bridgehead atoms. The minimum Gasteiger partial charge on any atom is -0.354 e. The highest BCUT2D eigenvalue weighted by atomic mass is 35.5. The Morgan fingerprint density at radius 3 is 2.03 bits per heavy atom. The summed E-state index contributed by atoms with van der Waals surface area (Å²) in [6.45, 7) is 4.52. The van der Waals surface area contributed by atoms with Gasteiger partial charge in [-0.2, -0.15) is 0 Å². The van der Waals surface area contributed by atoms with Gasteiger partial charge in [-0.3, -0.25) is 9.59 Å². The highest BCUT2D eigenvalue weighted by Gasteiger charge is 2.29. The summed E-state index contributed by atoms with van der Waals surface area (Å²) in [5.74, 6) is -0.442. The Bertz CT molecular complexity index is 1050. The number of carbonyl (C=O) groups excluding carboxylic acids is 2. The lowest BCUT2D eigenvalue weighted by Crippen LogP contribution is -2.48. The van der Waals surface area contributed by atoms with Crippen LogP contribution in [0.4, 0.5) is 0 Å². The smallest absolute Gasteiger partial charge is 0.242 e. The molecule has 0 saturated heterocycles. The van der Waals surface area contributed by atoms with Gasteiger partial charge < -0.3 is 10.2 Å². The summed E-state index contributed by atoms with van der Waals surface area (Å²) in [7, 11) is 0. The fraction of sp³-hybridized carbons (Fsp3) is 0.286. The molecule has 0 fully saturated rings. The van der Waals surface area contributed by atoms with Crippen LogP contribution >= 0.6 is 23.2 Å². The van der Waals surface area contributed by atoms with E-state index in [9.17, 15) is 9.59 Å². The second-order valence-corrected chi connectivity index (χ2v) is 9.15. The van der Waals surface area contributed by atoms with Gasteiger partial charge in [0.25, 0.3) is 0 Å². The van der Waals surface area contributed by atoms with Crippen LogP contribution in [0.1, 0.15) is 49.3 Å². The molecule has 178 valence electrons. The number of amides is 2. The SMILES string of the molecule is CCCNC(=O)[C@@H](C)N(Cc1ccc(Cl)cc1Cl)C(=O)CC(c1ccccc1)c1ccccc1. The van der Waals surface area contributed by atoms with Gasteiger partial charge in [-0.25, -0.2) is 0 Å². The summed E-state index contributed by atoms with van der Waals surface area (Å²) >= 11 is 12.5.